The lowest BCUT2D eigenvalue weighted by atomic mass is 9.99. The highest BCUT2D eigenvalue weighted by atomic mass is 35.5. The largest absolute Gasteiger partial charge is 0.506 e. The zero-order chi connectivity index (χ0) is 28.6. The van der Waals surface area contributed by atoms with Gasteiger partial charge in [0.25, 0.3) is 0 Å². The Balaban J connectivity index is 0.000000283. The number of ether oxygens (including phenoxy) is 3. The Morgan fingerprint density at radius 2 is 1.70 bits per heavy atom. The number of rotatable bonds is 8. The van der Waals surface area contributed by atoms with Crippen LogP contribution in [0.1, 0.15) is 27.0 Å². The van der Waals surface area contributed by atoms with Crippen molar-refractivity contribution < 1.29 is 24.1 Å². The van der Waals surface area contributed by atoms with Crippen LogP contribution in [0.5, 0.6) is 23.0 Å². The van der Waals surface area contributed by atoms with E-state index in [1.807, 2.05) is 30.3 Å². The topological polar surface area (TPSA) is 118 Å². The van der Waals surface area contributed by atoms with Crippen LogP contribution < -0.4 is 19.9 Å². The number of nitrogens with zero attached hydrogens (tertiary/aromatic N) is 1. The van der Waals surface area contributed by atoms with Crippen LogP contribution in [0.4, 0.5) is 0 Å². The van der Waals surface area contributed by atoms with Crippen LogP contribution in [0.3, 0.4) is 0 Å². The number of nitrogens with one attached hydrogen (secondary N) is 1. The first-order valence-electron chi connectivity index (χ1n) is 12.7. The summed E-state index contributed by atoms with van der Waals surface area (Å²) in [5.41, 5.74) is 8.76. The predicted molar refractivity (Wildman–Crippen MR) is 157 cm³/mol. The number of carbonyl (C=O) groups is 1. The molecule has 0 unspecified atom stereocenters. The molecule has 0 saturated carbocycles. The molecule has 0 fully saturated rings. The second kappa shape index (κ2) is 13.2. The summed E-state index contributed by atoms with van der Waals surface area (Å²) in [7, 11) is 3.35. The quantitative estimate of drug-likeness (QED) is 0.247. The number of hydrogen-bond donors (Lipinski definition) is 3. The van der Waals surface area contributed by atoms with Crippen molar-refractivity contribution in [1.29, 1.82) is 5.41 Å². The standard InChI is InChI=1S/C24H26N2O3.C7H6ClNO2/c1-27-23-13-17-9-10-26(16-19(17)14-24(23)28-2)11-12-29-22-8-7-18(15-25)20-5-3-4-6-21(20)22;8-5-3-4(7(9)11)1-2-6(5)10/h3-8,13-15,25H,9-12,16H2,1-2H3;1-3,10H,(H2,9,11). The molecule has 208 valence electrons. The molecule has 0 aromatic heterocycles. The summed E-state index contributed by atoms with van der Waals surface area (Å²) in [4.78, 5) is 13.0. The summed E-state index contributed by atoms with van der Waals surface area (Å²) in [5, 5.41) is 18.8. The zero-order valence-electron chi connectivity index (χ0n) is 22.4. The van der Waals surface area contributed by atoms with E-state index in [0.717, 1.165) is 59.6 Å². The molecule has 40 heavy (non-hydrogen) atoms. The van der Waals surface area contributed by atoms with Gasteiger partial charge in [-0.05, 0) is 65.4 Å². The van der Waals surface area contributed by atoms with Crippen molar-refractivity contribution in [2.45, 2.75) is 13.0 Å². The lowest BCUT2D eigenvalue weighted by Crippen LogP contribution is -2.33. The zero-order valence-corrected chi connectivity index (χ0v) is 23.2. The van der Waals surface area contributed by atoms with Gasteiger partial charge in [0.15, 0.2) is 11.5 Å². The number of carbonyl (C=O) groups excluding carboxylic acids is 1. The Bertz CT molecular complexity index is 1520. The molecule has 4 aromatic carbocycles. The van der Waals surface area contributed by atoms with Crippen molar-refractivity contribution in [3.05, 3.63) is 94.0 Å². The maximum atomic E-state index is 10.5. The van der Waals surface area contributed by atoms with E-state index in [-0.39, 0.29) is 16.3 Å². The molecule has 0 saturated heterocycles. The molecule has 1 heterocycles. The van der Waals surface area contributed by atoms with E-state index < -0.39 is 5.91 Å². The van der Waals surface area contributed by atoms with E-state index in [9.17, 15) is 4.79 Å². The van der Waals surface area contributed by atoms with E-state index in [2.05, 4.69) is 23.1 Å². The number of primary amides is 1. The molecule has 4 N–H and O–H groups in total. The van der Waals surface area contributed by atoms with Gasteiger partial charge in [0, 0.05) is 42.4 Å². The first-order valence-corrected chi connectivity index (χ1v) is 13.1. The van der Waals surface area contributed by atoms with Gasteiger partial charge in [-0.1, -0.05) is 35.9 Å². The van der Waals surface area contributed by atoms with E-state index >= 15 is 0 Å². The van der Waals surface area contributed by atoms with Gasteiger partial charge < -0.3 is 30.5 Å². The number of aromatic hydroxyl groups is 1. The monoisotopic (exact) mass is 561 g/mol. The highest BCUT2D eigenvalue weighted by molar-refractivity contribution is 6.32. The lowest BCUT2D eigenvalue weighted by molar-refractivity contribution is 0.1000. The van der Waals surface area contributed by atoms with Crippen molar-refractivity contribution in [2.75, 3.05) is 33.9 Å². The molecule has 0 radical (unpaired) electrons. The van der Waals surface area contributed by atoms with Crippen LogP contribution in [-0.2, 0) is 13.0 Å². The lowest BCUT2D eigenvalue weighted by Gasteiger charge is -2.29. The minimum Gasteiger partial charge on any atom is -0.506 e. The molecule has 1 amide bonds. The van der Waals surface area contributed by atoms with Gasteiger partial charge in [0.05, 0.1) is 19.2 Å². The van der Waals surface area contributed by atoms with E-state index in [0.29, 0.717) is 6.61 Å². The SMILES string of the molecule is COc1cc2c(cc1OC)CN(CCOc1ccc(C=N)c3ccccc13)CC2.NC(=O)c1ccc(O)c(Cl)c1. The molecule has 0 atom stereocenters. The number of fused-ring (bicyclic) bond motifs is 2. The Labute approximate surface area is 238 Å². The molecule has 0 bridgehead atoms. The van der Waals surface area contributed by atoms with Gasteiger partial charge in [-0.15, -0.1) is 0 Å². The van der Waals surface area contributed by atoms with Crippen LogP contribution in [0.25, 0.3) is 10.8 Å². The van der Waals surface area contributed by atoms with E-state index in [4.69, 9.17) is 42.1 Å². The number of halogens is 1. The third-order valence-corrected chi connectivity index (χ3v) is 7.07. The van der Waals surface area contributed by atoms with Gasteiger partial charge >= 0.3 is 0 Å². The number of nitrogens with two attached hydrogens (primary N) is 1. The number of phenols is 1. The second-order valence-electron chi connectivity index (χ2n) is 9.22. The third-order valence-electron chi connectivity index (χ3n) is 6.77. The molecular weight excluding hydrogens is 530 g/mol. The maximum Gasteiger partial charge on any atom is 0.248 e. The number of benzene rings is 4. The minimum atomic E-state index is -0.563. The Morgan fingerprint density at radius 1 is 1.00 bits per heavy atom. The molecule has 9 heteroatoms. The molecule has 0 aliphatic carbocycles. The van der Waals surface area contributed by atoms with Crippen LogP contribution in [0.2, 0.25) is 5.02 Å². The van der Waals surface area contributed by atoms with Gasteiger partial charge in [-0.3, -0.25) is 9.69 Å². The minimum absolute atomic E-state index is 0.0586. The highest BCUT2D eigenvalue weighted by Gasteiger charge is 2.19. The van der Waals surface area contributed by atoms with Crippen molar-refractivity contribution >= 4 is 34.5 Å². The molecular formula is C31H32ClN3O5. The number of methoxy groups -OCH3 is 2. The number of hydrogen-bond acceptors (Lipinski definition) is 7. The first kappa shape index (κ1) is 28.7. The van der Waals surface area contributed by atoms with Crippen molar-refractivity contribution in [3.63, 3.8) is 0 Å². The van der Waals surface area contributed by atoms with Crippen molar-refractivity contribution in [3.8, 4) is 23.0 Å². The highest BCUT2D eigenvalue weighted by Crippen LogP contribution is 2.33. The van der Waals surface area contributed by atoms with Crippen LogP contribution >= 0.6 is 11.6 Å². The van der Waals surface area contributed by atoms with Gasteiger partial charge in [0.2, 0.25) is 5.91 Å². The fraction of sp³-hybridized carbons (Fsp3) is 0.226. The fourth-order valence-electron chi connectivity index (χ4n) is 4.62. The van der Waals surface area contributed by atoms with Crippen LogP contribution in [0, 0.1) is 5.41 Å². The summed E-state index contributed by atoms with van der Waals surface area (Å²) < 4.78 is 17.0. The molecule has 0 spiro atoms. The fourth-order valence-corrected chi connectivity index (χ4v) is 4.80. The van der Waals surface area contributed by atoms with E-state index in [1.54, 1.807) is 14.2 Å². The van der Waals surface area contributed by atoms with Gasteiger partial charge in [0.1, 0.15) is 18.1 Å². The van der Waals surface area contributed by atoms with Gasteiger partial charge in [-0.2, -0.15) is 0 Å². The first-order chi connectivity index (χ1) is 19.3. The summed E-state index contributed by atoms with van der Waals surface area (Å²) >= 11 is 5.50. The van der Waals surface area contributed by atoms with Crippen LogP contribution in [0.15, 0.2) is 66.7 Å². The summed E-state index contributed by atoms with van der Waals surface area (Å²) in [6, 6.07) is 20.2. The Kier molecular flexibility index (Phi) is 9.47. The normalized spacial score (nSPS) is 12.6. The molecule has 1 aliphatic rings. The van der Waals surface area contributed by atoms with Crippen molar-refractivity contribution in [1.82, 2.24) is 4.90 Å². The molecule has 5 rings (SSSR count). The predicted octanol–water partition coefficient (Wildman–Crippen LogP) is 5.44. The number of phenolic OH excluding ortho intramolecular Hbond substituents is 1. The second-order valence-corrected chi connectivity index (χ2v) is 9.63. The molecule has 8 nitrogen and oxygen atoms in total. The summed E-state index contributed by atoms with van der Waals surface area (Å²) in [6.45, 7) is 3.36. The molecule has 4 aromatic rings. The Hall–Kier alpha value is -4.27. The van der Waals surface area contributed by atoms with Crippen molar-refractivity contribution in [2.24, 2.45) is 5.73 Å². The smallest absolute Gasteiger partial charge is 0.248 e. The van der Waals surface area contributed by atoms with Gasteiger partial charge in [-0.25, -0.2) is 0 Å². The van der Waals surface area contributed by atoms with E-state index in [1.165, 1.54) is 35.5 Å². The maximum absolute atomic E-state index is 10.5. The summed E-state index contributed by atoms with van der Waals surface area (Å²) in [5.74, 6) is 1.82. The average Bonchev–Trinajstić information content (AvgIpc) is 2.98. The third kappa shape index (κ3) is 6.65. The number of amides is 1. The molecule has 1 aliphatic heterocycles. The average molecular weight is 562 g/mol. The summed E-state index contributed by atoms with van der Waals surface area (Å²) in [6.07, 6.45) is 2.38. The Morgan fingerprint density at radius 3 is 2.35 bits per heavy atom. The van der Waals surface area contributed by atoms with Crippen LogP contribution in [-0.4, -0.2) is 56.0 Å².